The summed E-state index contributed by atoms with van der Waals surface area (Å²) >= 11 is 0. The largest absolute Gasteiger partial charge is 0.450 e. The van der Waals surface area contributed by atoms with Gasteiger partial charge in [0, 0.05) is 46.4 Å². The molecule has 1 aliphatic rings. The van der Waals surface area contributed by atoms with Crippen molar-refractivity contribution in [1.82, 2.24) is 15.1 Å². The number of hydrogen-bond donors (Lipinski definition) is 1. The summed E-state index contributed by atoms with van der Waals surface area (Å²) < 4.78 is 10.5. The summed E-state index contributed by atoms with van der Waals surface area (Å²) in [6.07, 6.45) is 0.992. The summed E-state index contributed by atoms with van der Waals surface area (Å²) in [5, 5.41) is 3.34. The van der Waals surface area contributed by atoms with Crippen molar-refractivity contribution in [3.8, 4) is 0 Å². The zero-order chi connectivity index (χ0) is 16.4. The van der Waals surface area contributed by atoms with E-state index in [2.05, 4.69) is 15.2 Å². The minimum atomic E-state index is -0.226. The number of halogens is 1. The molecular weight excluding hydrogens is 411 g/mol. The number of aliphatic imine (C=N–C) groups is 1. The average molecular weight is 442 g/mol. The molecule has 1 rings (SSSR count). The zero-order valence-corrected chi connectivity index (χ0v) is 17.0. The lowest BCUT2D eigenvalue weighted by molar-refractivity contribution is 0.0772. The van der Waals surface area contributed by atoms with Crippen LogP contribution in [0, 0.1) is 0 Å². The number of guanidine groups is 1. The normalized spacial score (nSPS) is 15.4. The number of piperazine rings is 1. The summed E-state index contributed by atoms with van der Waals surface area (Å²) in [5.41, 5.74) is 0. The Kier molecular flexibility index (Phi) is 12.2. The Morgan fingerprint density at radius 3 is 2.35 bits per heavy atom. The lowest BCUT2D eigenvalue weighted by Gasteiger charge is -2.35. The maximum absolute atomic E-state index is 11.7. The van der Waals surface area contributed by atoms with Gasteiger partial charge in [-0.2, -0.15) is 0 Å². The quantitative estimate of drug-likeness (QED) is 0.294. The molecule has 8 heteroatoms. The van der Waals surface area contributed by atoms with Crippen LogP contribution >= 0.6 is 24.0 Å². The summed E-state index contributed by atoms with van der Waals surface area (Å²) in [5.74, 6) is 0.882. The smallest absolute Gasteiger partial charge is 0.409 e. The zero-order valence-electron chi connectivity index (χ0n) is 14.7. The Bertz CT molecular complexity index is 359. The fourth-order valence-electron chi connectivity index (χ4n) is 2.24. The monoisotopic (exact) mass is 442 g/mol. The Balaban J connectivity index is 0.00000484. The third-order valence-electron chi connectivity index (χ3n) is 3.37. The molecule has 0 aliphatic carbocycles. The van der Waals surface area contributed by atoms with Gasteiger partial charge in [0.15, 0.2) is 5.96 Å². The van der Waals surface area contributed by atoms with Crippen LogP contribution in [0.1, 0.15) is 27.2 Å². The third kappa shape index (κ3) is 8.59. The number of rotatable bonds is 6. The van der Waals surface area contributed by atoms with Gasteiger partial charge in [-0.15, -0.1) is 24.0 Å². The first-order chi connectivity index (χ1) is 10.6. The third-order valence-corrected chi connectivity index (χ3v) is 3.37. The SMILES string of the molecule is CCOC(=O)N1CCN(C(=NC)NCCCOC(C)C)CC1.I. The summed E-state index contributed by atoms with van der Waals surface area (Å²) in [6, 6.07) is 0. The van der Waals surface area contributed by atoms with Gasteiger partial charge in [0.25, 0.3) is 0 Å². The summed E-state index contributed by atoms with van der Waals surface area (Å²) in [6.45, 7) is 10.7. The van der Waals surface area contributed by atoms with Gasteiger partial charge >= 0.3 is 6.09 Å². The van der Waals surface area contributed by atoms with Gasteiger partial charge in [-0.05, 0) is 27.2 Å². The molecule has 0 radical (unpaired) electrons. The van der Waals surface area contributed by atoms with E-state index in [1.807, 2.05) is 20.8 Å². The van der Waals surface area contributed by atoms with E-state index in [4.69, 9.17) is 9.47 Å². The van der Waals surface area contributed by atoms with E-state index in [9.17, 15) is 4.79 Å². The van der Waals surface area contributed by atoms with Crippen LogP contribution in [0.25, 0.3) is 0 Å². The molecule has 1 aliphatic heterocycles. The molecule has 0 bridgehead atoms. The number of amides is 1. The molecule has 0 atom stereocenters. The van der Waals surface area contributed by atoms with Gasteiger partial charge in [0.05, 0.1) is 12.7 Å². The molecule has 1 amide bonds. The van der Waals surface area contributed by atoms with Crippen molar-refractivity contribution >= 4 is 36.0 Å². The van der Waals surface area contributed by atoms with Crippen LogP contribution in [-0.4, -0.2) is 80.9 Å². The maximum atomic E-state index is 11.7. The van der Waals surface area contributed by atoms with E-state index < -0.39 is 0 Å². The molecule has 0 unspecified atom stereocenters. The number of ether oxygens (including phenoxy) is 2. The summed E-state index contributed by atoms with van der Waals surface area (Å²) in [7, 11) is 1.78. The first kappa shape index (κ1) is 22.2. The lowest BCUT2D eigenvalue weighted by Crippen LogP contribution is -2.54. The average Bonchev–Trinajstić information content (AvgIpc) is 2.51. The number of carbonyl (C=O) groups excluding carboxylic acids is 1. The van der Waals surface area contributed by atoms with Crippen molar-refractivity contribution < 1.29 is 14.3 Å². The highest BCUT2D eigenvalue weighted by atomic mass is 127. The van der Waals surface area contributed by atoms with Crippen LogP contribution in [0.2, 0.25) is 0 Å². The van der Waals surface area contributed by atoms with Crippen LogP contribution in [0.15, 0.2) is 4.99 Å². The molecular formula is C15H31IN4O3. The number of nitrogens with zero attached hydrogens (tertiary/aromatic N) is 3. The van der Waals surface area contributed by atoms with Crippen molar-refractivity contribution in [1.29, 1.82) is 0 Å². The molecule has 7 nitrogen and oxygen atoms in total. The molecule has 0 spiro atoms. The number of nitrogens with one attached hydrogen (secondary N) is 1. The van der Waals surface area contributed by atoms with E-state index >= 15 is 0 Å². The second-order valence-corrected chi connectivity index (χ2v) is 5.42. The van der Waals surface area contributed by atoms with Crippen molar-refractivity contribution in [3.63, 3.8) is 0 Å². The molecule has 136 valence electrons. The Hall–Kier alpha value is -0.770. The molecule has 0 aromatic rings. The van der Waals surface area contributed by atoms with Gasteiger partial charge in [0.1, 0.15) is 0 Å². The maximum Gasteiger partial charge on any atom is 0.409 e. The predicted molar refractivity (Wildman–Crippen MR) is 103 cm³/mol. The Labute approximate surface area is 156 Å². The fraction of sp³-hybridized carbons (Fsp3) is 0.867. The van der Waals surface area contributed by atoms with E-state index in [0.717, 1.165) is 38.6 Å². The first-order valence-electron chi connectivity index (χ1n) is 8.07. The van der Waals surface area contributed by atoms with Crippen LogP contribution in [0.3, 0.4) is 0 Å². The van der Waals surface area contributed by atoms with Crippen LogP contribution in [0.4, 0.5) is 4.79 Å². The van der Waals surface area contributed by atoms with E-state index in [1.54, 1.807) is 11.9 Å². The van der Waals surface area contributed by atoms with Crippen molar-refractivity contribution in [2.75, 3.05) is 53.0 Å². The number of carbonyl (C=O) groups is 1. The lowest BCUT2D eigenvalue weighted by atomic mass is 10.3. The Morgan fingerprint density at radius 2 is 1.83 bits per heavy atom. The highest BCUT2D eigenvalue weighted by molar-refractivity contribution is 14.0. The first-order valence-corrected chi connectivity index (χ1v) is 8.07. The van der Waals surface area contributed by atoms with Crippen LogP contribution < -0.4 is 5.32 Å². The summed E-state index contributed by atoms with van der Waals surface area (Å²) in [4.78, 5) is 19.9. The van der Waals surface area contributed by atoms with Crippen LogP contribution in [0.5, 0.6) is 0 Å². The van der Waals surface area contributed by atoms with E-state index in [-0.39, 0.29) is 36.2 Å². The van der Waals surface area contributed by atoms with Crippen molar-refractivity contribution in [2.24, 2.45) is 4.99 Å². The molecule has 1 saturated heterocycles. The van der Waals surface area contributed by atoms with Crippen molar-refractivity contribution in [3.05, 3.63) is 0 Å². The second kappa shape index (κ2) is 12.6. The molecule has 23 heavy (non-hydrogen) atoms. The Morgan fingerprint density at radius 1 is 1.22 bits per heavy atom. The molecule has 1 heterocycles. The number of hydrogen-bond acceptors (Lipinski definition) is 4. The van der Waals surface area contributed by atoms with Gasteiger partial charge in [-0.3, -0.25) is 4.99 Å². The van der Waals surface area contributed by atoms with Crippen LogP contribution in [-0.2, 0) is 9.47 Å². The fourth-order valence-corrected chi connectivity index (χ4v) is 2.24. The molecule has 0 aromatic carbocycles. The minimum absolute atomic E-state index is 0. The van der Waals surface area contributed by atoms with Gasteiger partial charge in [-0.1, -0.05) is 0 Å². The molecule has 0 saturated carbocycles. The minimum Gasteiger partial charge on any atom is -0.450 e. The van der Waals surface area contributed by atoms with Gasteiger partial charge < -0.3 is 24.6 Å². The van der Waals surface area contributed by atoms with E-state index in [0.29, 0.717) is 19.7 Å². The van der Waals surface area contributed by atoms with Crippen molar-refractivity contribution in [2.45, 2.75) is 33.3 Å². The van der Waals surface area contributed by atoms with Gasteiger partial charge in [0.2, 0.25) is 0 Å². The highest BCUT2D eigenvalue weighted by Gasteiger charge is 2.23. The molecule has 1 N–H and O–H groups in total. The van der Waals surface area contributed by atoms with Gasteiger partial charge in [-0.25, -0.2) is 4.79 Å². The highest BCUT2D eigenvalue weighted by Crippen LogP contribution is 2.04. The second-order valence-electron chi connectivity index (χ2n) is 5.42. The topological polar surface area (TPSA) is 66.4 Å². The predicted octanol–water partition coefficient (Wildman–Crippen LogP) is 1.77. The molecule has 0 aromatic heterocycles. The molecule has 1 fully saturated rings. The standard InChI is InChI=1S/C15H30N4O3.HI/c1-5-21-15(20)19-10-8-18(9-11-19)14(16-4)17-7-6-12-22-13(2)3;/h13H,5-12H2,1-4H3,(H,16,17);1H. The van der Waals surface area contributed by atoms with E-state index in [1.165, 1.54) is 0 Å².